The maximum atomic E-state index is 8.89. The molecule has 1 N–H and O–H groups in total. The summed E-state index contributed by atoms with van der Waals surface area (Å²) in [5.41, 5.74) is 0.722. The van der Waals surface area contributed by atoms with Crippen LogP contribution in [0.5, 0.6) is 5.95 Å². The summed E-state index contributed by atoms with van der Waals surface area (Å²) < 4.78 is 4.92. The van der Waals surface area contributed by atoms with Gasteiger partial charge >= 0.3 is 0 Å². The van der Waals surface area contributed by atoms with E-state index in [1.54, 1.807) is 12.1 Å². The average molecular weight is 176 g/mol. The van der Waals surface area contributed by atoms with Crippen molar-refractivity contribution in [1.29, 1.82) is 0 Å². The van der Waals surface area contributed by atoms with Gasteiger partial charge in [0.25, 0.3) is 5.95 Å². The van der Waals surface area contributed by atoms with E-state index >= 15 is 0 Å². The molecule has 0 spiro atoms. The van der Waals surface area contributed by atoms with E-state index in [4.69, 9.17) is 9.52 Å². The molecule has 0 aliphatic heterocycles. The standard InChI is InChI=1S/C8H6O2.C3H6/c9-8-5-6-3-1-2-4-7(6)10-8;1-3-2/h1-5,9H;3H,1H2,2H3. The molecule has 0 aliphatic carbocycles. The predicted octanol–water partition coefficient (Wildman–Crippen LogP) is 3.33. The molecule has 1 heterocycles. The van der Waals surface area contributed by atoms with E-state index in [1.807, 2.05) is 31.2 Å². The molecule has 0 fully saturated rings. The lowest BCUT2D eigenvalue weighted by Gasteiger charge is -1.81. The van der Waals surface area contributed by atoms with Crippen LogP contribution >= 0.6 is 0 Å². The summed E-state index contributed by atoms with van der Waals surface area (Å²) in [6, 6.07) is 9.06. The van der Waals surface area contributed by atoms with Crippen molar-refractivity contribution in [3.05, 3.63) is 43.0 Å². The summed E-state index contributed by atoms with van der Waals surface area (Å²) in [6.07, 6.45) is 1.75. The van der Waals surface area contributed by atoms with E-state index in [-0.39, 0.29) is 5.95 Å². The second-order valence-electron chi connectivity index (χ2n) is 2.53. The van der Waals surface area contributed by atoms with Crippen molar-refractivity contribution in [2.45, 2.75) is 6.92 Å². The Labute approximate surface area is 77.1 Å². The minimum absolute atomic E-state index is 0.0267. The Balaban J connectivity index is 0.000000251. The van der Waals surface area contributed by atoms with Gasteiger partial charge in [0.15, 0.2) is 0 Å². The first kappa shape index (κ1) is 9.39. The molecule has 0 saturated heterocycles. The lowest BCUT2D eigenvalue weighted by atomic mass is 10.3. The number of fused-ring (bicyclic) bond motifs is 1. The number of furan rings is 1. The molecule has 13 heavy (non-hydrogen) atoms. The molecule has 2 rings (SSSR count). The van der Waals surface area contributed by atoms with E-state index < -0.39 is 0 Å². The van der Waals surface area contributed by atoms with Gasteiger partial charge in [-0.3, -0.25) is 0 Å². The minimum atomic E-state index is -0.0267. The van der Waals surface area contributed by atoms with Gasteiger partial charge in [0, 0.05) is 11.5 Å². The van der Waals surface area contributed by atoms with Crippen LogP contribution in [0.25, 0.3) is 11.0 Å². The maximum absolute atomic E-state index is 8.89. The van der Waals surface area contributed by atoms with Crippen LogP contribution in [-0.2, 0) is 0 Å². The molecule has 1 aromatic heterocycles. The summed E-state index contributed by atoms with van der Waals surface area (Å²) in [6.45, 7) is 5.25. The number of aromatic hydroxyl groups is 1. The minimum Gasteiger partial charge on any atom is -0.481 e. The van der Waals surface area contributed by atoms with Crippen LogP contribution in [0.3, 0.4) is 0 Å². The molecule has 0 amide bonds. The number of benzene rings is 1. The number of hydrogen-bond donors (Lipinski definition) is 1. The fraction of sp³-hybridized carbons (Fsp3) is 0.0909. The third-order valence-electron chi connectivity index (χ3n) is 1.41. The van der Waals surface area contributed by atoms with Gasteiger partial charge in [0.2, 0.25) is 0 Å². The Morgan fingerprint density at radius 2 is 2.00 bits per heavy atom. The Bertz CT molecular complexity index is 355. The smallest absolute Gasteiger partial charge is 0.282 e. The normalized spacial score (nSPS) is 9.00. The van der Waals surface area contributed by atoms with Gasteiger partial charge in [-0.05, 0) is 13.0 Å². The highest BCUT2D eigenvalue weighted by Gasteiger charge is 1.97. The number of hydrogen-bond acceptors (Lipinski definition) is 2. The zero-order chi connectivity index (χ0) is 9.68. The first-order valence-corrected chi connectivity index (χ1v) is 4.02. The number of rotatable bonds is 0. The molecular formula is C11H12O2. The monoisotopic (exact) mass is 176 g/mol. The van der Waals surface area contributed by atoms with Gasteiger partial charge in [-0.2, -0.15) is 0 Å². The highest BCUT2D eigenvalue weighted by Crippen LogP contribution is 2.22. The average Bonchev–Trinajstić information content (AvgIpc) is 2.45. The van der Waals surface area contributed by atoms with Gasteiger partial charge in [-0.15, -0.1) is 6.58 Å². The molecule has 2 aromatic rings. The van der Waals surface area contributed by atoms with Gasteiger partial charge in [-0.25, -0.2) is 0 Å². The van der Waals surface area contributed by atoms with Crippen molar-refractivity contribution in [1.82, 2.24) is 0 Å². The predicted molar refractivity (Wildman–Crippen MR) is 53.7 cm³/mol. The van der Waals surface area contributed by atoms with Crippen LogP contribution in [0, 0.1) is 0 Å². The SMILES string of the molecule is C=CC.Oc1cc2ccccc2o1. The first-order chi connectivity index (χ1) is 6.27. The molecule has 68 valence electrons. The summed E-state index contributed by atoms with van der Waals surface area (Å²) in [4.78, 5) is 0. The van der Waals surface area contributed by atoms with E-state index in [1.165, 1.54) is 0 Å². The summed E-state index contributed by atoms with van der Waals surface area (Å²) in [7, 11) is 0. The molecule has 0 saturated carbocycles. The zero-order valence-electron chi connectivity index (χ0n) is 7.53. The summed E-state index contributed by atoms with van der Waals surface area (Å²) in [5, 5.41) is 9.82. The largest absolute Gasteiger partial charge is 0.481 e. The van der Waals surface area contributed by atoms with Crippen LogP contribution in [0.1, 0.15) is 6.92 Å². The number of para-hydroxylation sites is 1. The van der Waals surface area contributed by atoms with E-state index in [2.05, 4.69) is 6.58 Å². The van der Waals surface area contributed by atoms with Crippen molar-refractivity contribution in [2.75, 3.05) is 0 Å². The quantitative estimate of drug-likeness (QED) is 0.624. The highest BCUT2D eigenvalue weighted by atomic mass is 16.5. The molecular weight excluding hydrogens is 164 g/mol. The highest BCUT2D eigenvalue weighted by molar-refractivity contribution is 5.78. The van der Waals surface area contributed by atoms with Crippen molar-refractivity contribution >= 4 is 11.0 Å². The molecule has 0 radical (unpaired) electrons. The van der Waals surface area contributed by atoms with Crippen molar-refractivity contribution in [3.8, 4) is 5.95 Å². The van der Waals surface area contributed by atoms with Gasteiger partial charge in [-0.1, -0.05) is 24.3 Å². The van der Waals surface area contributed by atoms with Crippen LogP contribution in [-0.4, -0.2) is 5.11 Å². The van der Waals surface area contributed by atoms with Gasteiger partial charge in [0.05, 0.1) is 0 Å². The van der Waals surface area contributed by atoms with Crippen molar-refractivity contribution in [3.63, 3.8) is 0 Å². The third-order valence-corrected chi connectivity index (χ3v) is 1.41. The molecule has 0 aliphatic rings. The fourth-order valence-electron chi connectivity index (χ4n) is 0.968. The lowest BCUT2D eigenvalue weighted by molar-refractivity contribution is 0.346. The third kappa shape index (κ3) is 2.37. The van der Waals surface area contributed by atoms with E-state index in [0.717, 1.165) is 11.0 Å². The van der Waals surface area contributed by atoms with Gasteiger partial charge in [0.1, 0.15) is 5.58 Å². The van der Waals surface area contributed by atoms with Crippen LogP contribution < -0.4 is 0 Å². The fourth-order valence-corrected chi connectivity index (χ4v) is 0.968. The molecule has 2 heteroatoms. The molecule has 0 atom stereocenters. The van der Waals surface area contributed by atoms with Crippen molar-refractivity contribution in [2.24, 2.45) is 0 Å². The van der Waals surface area contributed by atoms with E-state index in [0.29, 0.717) is 0 Å². The Kier molecular flexibility index (Phi) is 3.15. The second-order valence-corrected chi connectivity index (χ2v) is 2.53. The number of allylic oxidation sites excluding steroid dienone is 1. The maximum Gasteiger partial charge on any atom is 0.282 e. The Hall–Kier alpha value is -1.70. The topological polar surface area (TPSA) is 33.4 Å². The Morgan fingerprint density at radius 3 is 2.62 bits per heavy atom. The van der Waals surface area contributed by atoms with Crippen LogP contribution in [0.15, 0.2) is 47.4 Å². The molecule has 0 bridgehead atoms. The summed E-state index contributed by atoms with van der Waals surface area (Å²) in [5.74, 6) is -0.0267. The summed E-state index contributed by atoms with van der Waals surface area (Å²) >= 11 is 0. The lowest BCUT2D eigenvalue weighted by Crippen LogP contribution is -1.57. The second kappa shape index (κ2) is 4.36. The van der Waals surface area contributed by atoms with Crippen LogP contribution in [0.4, 0.5) is 0 Å². The van der Waals surface area contributed by atoms with Crippen LogP contribution in [0.2, 0.25) is 0 Å². The first-order valence-electron chi connectivity index (χ1n) is 4.02. The van der Waals surface area contributed by atoms with Gasteiger partial charge < -0.3 is 9.52 Å². The Morgan fingerprint density at radius 1 is 1.38 bits per heavy atom. The molecule has 1 aromatic carbocycles. The zero-order valence-corrected chi connectivity index (χ0v) is 7.53. The van der Waals surface area contributed by atoms with E-state index in [9.17, 15) is 0 Å². The molecule has 2 nitrogen and oxygen atoms in total. The van der Waals surface area contributed by atoms with Crippen molar-refractivity contribution < 1.29 is 9.52 Å². The molecule has 0 unspecified atom stereocenters.